The van der Waals surface area contributed by atoms with Crippen LogP contribution in [-0.2, 0) is 5.75 Å². The van der Waals surface area contributed by atoms with Crippen molar-refractivity contribution in [3.63, 3.8) is 0 Å². The number of carbonyl (C=O) groups is 2. The molecular formula is C23H24ClN3O2S2. The fourth-order valence-corrected chi connectivity index (χ4v) is 4.76. The Bertz CT molecular complexity index is 1060. The highest BCUT2D eigenvalue weighted by atomic mass is 35.5. The van der Waals surface area contributed by atoms with Crippen LogP contribution in [0, 0.1) is 6.92 Å². The number of nitrogens with zero attached hydrogens (tertiary/aromatic N) is 2. The Balaban J connectivity index is 1.61. The van der Waals surface area contributed by atoms with Gasteiger partial charge >= 0.3 is 0 Å². The highest BCUT2D eigenvalue weighted by molar-refractivity contribution is 7.98. The van der Waals surface area contributed by atoms with E-state index in [1.54, 1.807) is 58.3 Å². The van der Waals surface area contributed by atoms with Gasteiger partial charge in [0.15, 0.2) is 0 Å². The molecule has 1 heterocycles. The number of rotatable bonds is 8. The number of thiazole rings is 1. The van der Waals surface area contributed by atoms with Crippen molar-refractivity contribution in [3.8, 4) is 0 Å². The quantitative estimate of drug-likeness (QED) is 0.399. The van der Waals surface area contributed by atoms with Gasteiger partial charge in [0.05, 0.1) is 21.3 Å². The van der Waals surface area contributed by atoms with Gasteiger partial charge in [0.1, 0.15) is 0 Å². The number of hydrogen-bond acceptors (Lipinski definition) is 5. The lowest BCUT2D eigenvalue weighted by Crippen LogP contribution is -2.30. The van der Waals surface area contributed by atoms with Crippen LogP contribution in [-0.4, -0.2) is 34.8 Å². The second-order valence-electron chi connectivity index (χ2n) is 6.80. The lowest BCUT2D eigenvalue weighted by atomic mass is 10.1. The lowest BCUT2D eigenvalue weighted by molar-refractivity contribution is 0.0773. The molecule has 2 amide bonds. The van der Waals surface area contributed by atoms with Crippen LogP contribution < -0.4 is 5.32 Å². The first kappa shape index (κ1) is 23.3. The van der Waals surface area contributed by atoms with Crippen molar-refractivity contribution in [1.29, 1.82) is 0 Å². The molecule has 0 saturated heterocycles. The predicted octanol–water partition coefficient (Wildman–Crippen LogP) is 6.13. The summed E-state index contributed by atoms with van der Waals surface area (Å²) in [6.07, 6.45) is 0. The van der Waals surface area contributed by atoms with Crippen molar-refractivity contribution in [2.45, 2.75) is 31.4 Å². The molecule has 0 aliphatic rings. The van der Waals surface area contributed by atoms with E-state index in [1.807, 2.05) is 32.9 Å². The largest absolute Gasteiger partial charge is 0.339 e. The van der Waals surface area contributed by atoms with Gasteiger partial charge in [-0.05, 0) is 63.2 Å². The van der Waals surface area contributed by atoms with E-state index in [4.69, 9.17) is 11.6 Å². The maximum Gasteiger partial charge on any atom is 0.255 e. The standard InChI is InChI=1S/C23H24ClN3O2S2/c1-4-27(5-2)23(29)20-11-8-17(12-21(20)24)26-22(28)16-6-9-19(10-7-16)31-14-18-13-30-15(3)25-18/h6-13H,4-5,14H2,1-3H3,(H,26,28). The van der Waals surface area contributed by atoms with Crippen molar-refractivity contribution in [2.24, 2.45) is 0 Å². The van der Waals surface area contributed by atoms with Crippen LogP contribution >= 0.6 is 34.7 Å². The molecule has 0 aliphatic heterocycles. The monoisotopic (exact) mass is 473 g/mol. The summed E-state index contributed by atoms with van der Waals surface area (Å²) in [6.45, 7) is 7.07. The molecule has 3 aromatic rings. The van der Waals surface area contributed by atoms with Gasteiger partial charge in [-0.25, -0.2) is 4.98 Å². The van der Waals surface area contributed by atoms with Crippen molar-refractivity contribution in [3.05, 3.63) is 74.7 Å². The van der Waals surface area contributed by atoms with Crippen LogP contribution in [0.5, 0.6) is 0 Å². The molecular weight excluding hydrogens is 450 g/mol. The van der Waals surface area contributed by atoms with Crippen LogP contribution in [0.4, 0.5) is 5.69 Å². The number of hydrogen-bond donors (Lipinski definition) is 1. The third-order valence-electron chi connectivity index (χ3n) is 4.68. The summed E-state index contributed by atoms with van der Waals surface area (Å²) in [6, 6.07) is 12.4. The number of carbonyl (C=O) groups excluding carboxylic acids is 2. The molecule has 8 heteroatoms. The van der Waals surface area contributed by atoms with Gasteiger partial charge in [-0.2, -0.15) is 0 Å². The average molecular weight is 474 g/mol. The van der Waals surface area contributed by atoms with E-state index in [2.05, 4.69) is 15.7 Å². The number of aromatic nitrogens is 1. The fraction of sp³-hybridized carbons (Fsp3) is 0.261. The summed E-state index contributed by atoms with van der Waals surface area (Å²) >= 11 is 9.64. The Kier molecular flexibility index (Phi) is 8.12. The second-order valence-corrected chi connectivity index (χ2v) is 9.32. The summed E-state index contributed by atoms with van der Waals surface area (Å²) in [5.74, 6) is 0.451. The molecule has 0 fully saturated rings. The molecule has 31 heavy (non-hydrogen) atoms. The minimum atomic E-state index is -0.231. The molecule has 0 spiro atoms. The Morgan fingerprint density at radius 2 is 1.84 bits per heavy atom. The summed E-state index contributed by atoms with van der Waals surface area (Å²) in [5.41, 5.74) is 2.59. The van der Waals surface area contributed by atoms with Crippen LogP contribution in [0.2, 0.25) is 5.02 Å². The number of amides is 2. The molecule has 162 valence electrons. The first-order valence-electron chi connectivity index (χ1n) is 9.95. The van der Waals surface area contributed by atoms with Gasteiger partial charge in [0, 0.05) is 40.4 Å². The number of nitrogens with one attached hydrogen (secondary N) is 1. The minimum absolute atomic E-state index is 0.117. The Labute approximate surface area is 195 Å². The molecule has 0 radical (unpaired) electrons. The Morgan fingerprint density at radius 1 is 1.13 bits per heavy atom. The summed E-state index contributed by atoms with van der Waals surface area (Å²) in [4.78, 5) is 32.3. The van der Waals surface area contributed by atoms with Crippen LogP contribution in [0.1, 0.15) is 45.3 Å². The van der Waals surface area contributed by atoms with E-state index in [1.165, 1.54) is 0 Å². The number of aryl methyl sites for hydroxylation is 1. The molecule has 5 nitrogen and oxygen atoms in total. The van der Waals surface area contributed by atoms with Crippen molar-refractivity contribution in [1.82, 2.24) is 9.88 Å². The first-order valence-corrected chi connectivity index (χ1v) is 12.2. The van der Waals surface area contributed by atoms with E-state index in [-0.39, 0.29) is 11.8 Å². The SMILES string of the molecule is CCN(CC)C(=O)c1ccc(NC(=O)c2ccc(SCc3csc(C)n3)cc2)cc1Cl. The maximum absolute atomic E-state index is 12.6. The van der Waals surface area contributed by atoms with Gasteiger partial charge in [-0.15, -0.1) is 23.1 Å². The zero-order valence-corrected chi connectivity index (χ0v) is 20.0. The summed E-state index contributed by atoms with van der Waals surface area (Å²) < 4.78 is 0. The number of anilines is 1. The van der Waals surface area contributed by atoms with Crippen molar-refractivity contribution >= 4 is 52.2 Å². The molecule has 0 aliphatic carbocycles. The van der Waals surface area contributed by atoms with E-state index in [0.717, 1.165) is 21.3 Å². The second kappa shape index (κ2) is 10.8. The van der Waals surface area contributed by atoms with E-state index < -0.39 is 0 Å². The number of thioether (sulfide) groups is 1. The zero-order valence-electron chi connectivity index (χ0n) is 17.6. The summed E-state index contributed by atoms with van der Waals surface area (Å²) in [7, 11) is 0. The topological polar surface area (TPSA) is 62.3 Å². The van der Waals surface area contributed by atoms with E-state index >= 15 is 0 Å². The highest BCUT2D eigenvalue weighted by Crippen LogP contribution is 2.25. The lowest BCUT2D eigenvalue weighted by Gasteiger charge is -2.19. The Morgan fingerprint density at radius 3 is 2.42 bits per heavy atom. The smallest absolute Gasteiger partial charge is 0.255 e. The van der Waals surface area contributed by atoms with Gasteiger partial charge in [-0.1, -0.05) is 11.6 Å². The first-order chi connectivity index (χ1) is 14.9. The van der Waals surface area contributed by atoms with E-state index in [0.29, 0.717) is 34.9 Å². The van der Waals surface area contributed by atoms with Crippen LogP contribution in [0.15, 0.2) is 52.7 Å². The van der Waals surface area contributed by atoms with Gasteiger partial charge in [0.25, 0.3) is 11.8 Å². The molecule has 0 atom stereocenters. The molecule has 0 saturated carbocycles. The Hall–Kier alpha value is -2.35. The average Bonchev–Trinajstić information content (AvgIpc) is 3.18. The highest BCUT2D eigenvalue weighted by Gasteiger charge is 2.16. The molecule has 0 unspecified atom stereocenters. The van der Waals surface area contributed by atoms with Gasteiger partial charge < -0.3 is 10.2 Å². The maximum atomic E-state index is 12.6. The van der Waals surface area contributed by atoms with Gasteiger partial charge in [-0.3, -0.25) is 9.59 Å². The molecule has 1 aromatic heterocycles. The number of halogens is 1. The normalized spacial score (nSPS) is 10.7. The third-order valence-corrected chi connectivity index (χ3v) is 6.86. The zero-order chi connectivity index (χ0) is 22.4. The number of benzene rings is 2. The van der Waals surface area contributed by atoms with Crippen LogP contribution in [0.3, 0.4) is 0 Å². The molecule has 1 N–H and O–H groups in total. The van der Waals surface area contributed by atoms with Gasteiger partial charge in [0.2, 0.25) is 0 Å². The van der Waals surface area contributed by atoms with Crippen molar-refractivity contribution in [2.75, 3.05) is 18.4 Å². The third kappa shape index (κ3) is 6.09. The molecule has 3 rings (SSSR count). The molecule has 2 aromatic carbocycles. The fourth-order valence-electron chi connectivity index (χ4n) is 2.99. The predicted molar refractivity (Wildman–Crippen MR) is 130 cm³/mol. The summed E-state index contributed by atoms with van der Waals surface area (Å²) in [5, 5.41) is 6.29. The van der Waals surface area contributed by atoms with Crippen LogP contribution in [0.25, 0.3) is 0 Å². The minimum Gasteiger partial charge on any atom is -0.339 e. The van der Waals surface area contributed by atoms with E-state index in [9.17, 15) is 9.59 Å². The molecule has 0 bridgehead atoms. The van der Waals surface area contributed by atoms with Crippen molar-refractivity contribution < 1.29 is 9.59 Å².